The summed E-state index contributed by atoms with van der Waals surface area (Å²) in [5.74, 6) is -0.934. The van der Waals surface area contributed by atoms with Crippen molar-refractivity contribution in [2.75, 3.05) is 13.1 Å². The minimum absolute atomic E-state index is 0.0305. The highest BCUT2D eigenvalue weighted by molar-refractivity contribution is 6.31. The zero-order valence-corrected chi connectivity index (χ0v) is 17.1. The first kappa shape index (κ1) is 20.2. The van der Waals surface area contributed by atoms with Crippen molar-refractivity contribution in [2.45, 2.75) is 32.4 Å². The van der Waals surface area contributed by atoms with Gasteiger partial charge in [0, 0.05) is 36.3 Å². The number of likely N-dealkylation sites (tertiary alicyclic amines) is 1. The van der Waals surface area contributed by atoms with Gasteiger partial charge in [-0.2, -0.15) is 0 Å². The zero-order valence-electron chi connectivity index (χ0n) is 16.3. The normalized spacial score (nSPS) is 13.7. The van der Waals surface area contributed by atoms with Crippen molar-refractivity contribution in [3.63, 3.8) is 0 Å². The van der Waals surface area contributed by atoms with E-state index < -0.39 is 11.7 Å². The van der Waals surface area contributed by atoms with Gasteiger partial charge in [-0.25, -0.2) is 4.79 Å². The Morgan fingerprint density at radius 3 is 2.53 bits per heavy atom. The molecule has 4 rings (SSSR count). The van der Waals surface area contributed by atoms with E-state index in [0.717, 1.165) is 31.5 Å². The Morgan fingerprint density at radius 2 is 1.80 bits per heavy atom. The highest BCUT2D eigenvalue weighted by Crippen LogP contribution is 2.19. The minimum atomic E-state index is -0.543. The van der Waals surface area contributed by atoms with Crippen LogP contribution in [0.25, 0.3) is 11.1 Å². The predicted molar refractivity (Wildman–Crippen MR) is 111 cm³/mol. The lowest BCUT2D eigenvalue weighted by Crippen LogP contribution is -2.27. The first-order valence-electron chi connectivity index (χ1n) is 9.84. The Balaban J connectivity index is 1.30. The molecule has 2 aromatic carbocycles. The number of amides is 1. The summed E-state index contributed by atoms with van der Waals surface area (Å²) >= 11 is 5.90. The van der Waals surface area contributed by atoms with Crippen LogP contribution in [-0.4, -0.2) is 34.4 Å². The Morgan fingerprint density at radius 1 is 1.07 bits per heavy atom. The summed E-state index contributed by atoms with van der Waals surface area (Å²) in [7, 11) is 0. The van der Waals surface area contributed by atoms with Crippen LogP contribution in [0.4, 0.5) is 0 Å². The Bertz CT molecular complexity index is 1130. The number of nitrogens with zero attached hydrogens (tertiary/aromatic N) is 2. The molecule has 2 heterocycles. The number of hydrogen-bond donors (Lipinski definition) is 0. The fraction of sp³-hybridized carbons (Fsp3) is 0.318. The Hall–Kier alpha value is -3.06. The van der Waals surface area contributed by atoms with E-state index in [4.69, 9.17) is 20.8 Å². The molecule has 0 N–H and O–H groups in total. The molecule has 0 atom stereocenters. The van der Waals surface area contributed by atoms with Crippen molar-refractivity contribution in [3.05, 3.63) is 69.2 Å². The largest absolute Gasteiger partial charge is 0.461 e. The summed E-state index contributed by atoms with van der Waals surface area (Å²) in [6, 6.07) is 12.0. The molecule has 0 radical (unpaired) electrons. The number of carbonyl (C=O) groups is 2. The summed E-state index contributed by atoms with van der Waals surface area (Å²) in [4.78, 5) is 38.3. The molecule has 0 unspecified atom stereocenters. The van der Waals surface area contributed by atoms with E-state index >= 15 is 0 Å². The molecule has 1 aromatic heterocycles. The second-order valence-electron chi connectivity index (χ2n) is 7.24. The van der Waals surface area contributed by atoms with Crippen LogP contribution in [0, 0.1) is 0 Å². The third-order valence-electron chi connectivity index (χ3n) is 5.16. The number of hydrogen-bond acceptors (Lipinski definition) is 5. The summed E-state index contributed by atoms with van der Waals surface area (Å²) in [5.41, 5.74) is 2.39. The number of carbonyl (C=O) groups excluding carboxylic acids is 2. The lowest BCUT2D eigenvalue weighted by molar-refractivity contribution is -0.145. The quantitative estimate of drug-likeness (QED) is 0.560. The van der Waals surface area contributed by atoms with Crippen LogP contribution in [0.15, 0.2) is 51.7 Å². The van der Waals surface area contributed by atoms with Crippen molar-refractivity contribution < 1.29 is 18.7 Å². The maximum absolute atomic E-state index is 12.4. The third-order valence-corrected chi connectivity index (χ3v) is 5.40. The van der Waals surface area contributed by atoms with Crippen molar-refractivity contribution in [2.24, 2.45) is 0 Å². The fourth-order valence-corrected chi connectivity index (χ4v) is 3.70. The zero-order chi connectivity index (χ0) is 21.1. The maximum atomic E-state index is 12.4. The van der Waals surface area contributed by atoms with Crippen LogP contribution < -0.4 is 5.76 Å². The smallest absolute Gasteiger partial charge is 0.419 e. The predicted octanol–water partition coefficient (Wildman–Crippen LogP) is 3.62. The molecular formula is C22H21ClN2O5. The molecule has 7 nitrogen and oxygen atoms in total. The molecule has 0 aliphatic carbocycles. The molecule has 1 aliphatic rings. The van der Waals surface area contributed by atoms with Crippen molar-refractivity contribution >= 4 is 34.6 Å². The number of halogens is 1. The summed E-state index contributed by atoms with van der Waals surface area (Å²) < 4.78 is 11.8. The van der Waals surface area contributed by atoms with Gasteiger partial charge in [-0.1, -0.05) is 23.7 Å². The topological polar surface area (TPSA) is 81.7 Å². The highest BCUT2D eigenvalue weighted by Gasteiger charge is 2.19. The van der Waals surface area contributed by atoms with Gasteiger partial charge in [-0.05, 0) is 42.7 Å². The second kappa shape index (κ2) is 8.75. The number of ether oxygens (including phenoxy) is 1. The van der Waals surface area contributed by atoms with Gasteiger partial charge in [-0.3, -0.25) is 14.2 Å². The summed E-state index contributed by atoms with van der Waals surface area (Å²) in [5, 5.41) is 0.468. The van der Waals surface area contributed by atoms with E-state index in [0.29, 0.717) is 21.7 Å². The Labute approximate surface area is 177 Å². The van der Waals surface area contributed by atoms with Gasteiger partial charge < -0.3 is 14.1 Å². The lowest BCUT2D eigenvalue weighted by Gasteiger charge is -2.15. The van der Waals surface area contributed by atoms with E-state index in [1.165, 1.54) is 4.57 Å². The molecule has 0 bridgehead atoms. The van der Waals surface area contributed by atoms with Crippen LogP contribution in [-0.2, 0) is 22.7 Å². The van der Waals surface area contributed by atoms with Gasteiger partial charge >= 0.3 is 11.7 Å². The highest BCUT2D eigenvalue weighted by atomic mass is 35.5. The van der Waals surface area contributed by atoms with Gasteiger partial charge in [0.1, 0.15) is 6.61 Å². The SMILES string of the molecule is O=C(CCn1c(=O)oc2cc(Cl)ccc21)OCc1ccc(C(=O)N2CCCC2)cc1. The standard InChI is InChI=1S/C22H21ClN2O5/c23-17-7-8-18-19(13-17)30-22(28)25(18)12-9-20(26)29-14-15-3-5-16(6-4-15)21(27)24-10-1-2-11-24/h3-8,13H,1-2,9-12,14H2. The monoisotopic (exact) mass is 428 g/mol. The van der Waals surface area contributed by atoms with Crippen LogP contribution in [0.1, 0.15) is 35.2 Å². The molecule has 156 valence electrons. The van der Waals surface area contributed by atoms with Crippen LogP contribution in [0.2, 0.25) is 5.02 Å². The van der Waals surface area contributed by atoms with Crippen molar-refractivity contribution in [1.29, 1.82) is 0 Å². The Kier molecular flexibility index (Phi) is 5.90. The van der Waals surface area contributed by atoms with E-state index in [2.05, 4.69) is 0 Å². The molecule has 1 fully saturated rings. The molecule has 1 saturated heterocycles. The van der Waals surface area contributed by atoms with E-state index in [-0.39, 0.29) is 25.5 Å². The van der Waals surface area contributed by atoms with Crippen molar-refractivity contribution in [3.8, 4) is 0 Å². The molecule has 30 heavy (non-hydrogen) atoms. The molecule has 0 saturated carbocycles. The summed E-state index contributed by atoms with van der Waals surface area (Å²) in [6.45, 7) is 1.86. The number of fused-ring (bicyclic) bond motifs is 1. The van der Waals surface area contributed by atoms with Crippen LogP contribution in [0.3, 0.4) is 0 Å². The van der Waals surface area contributed by atoms with Crippen LogP contribution >= 0.6 is 11.6 Å². The molecule has 8 heteroatoms. The number of benzene rings is 2. The number of oxazole rings is 1. The fourth-order valence-electron chi connectivity index (χ4n) is 3.54. The van der Waals surface area contributed by atoms with E-state index in [1.54, 1.807) is 42.5 Å². The first-order valence-corrected chi connectivity index (χ1v) is 10.2. The number of esters is 1. The molecule has 3 aromatic rings. The minimum Gasteiger partial charge on any atom is -0.461 e. The van der Waals surface area contributed by atoms with Gasteiger partial charge in [0.15, 0.2) is 5.58 Å². The average Bonchev–Trinajstić information content (AvgIpc) is 3.38. The average molecular weight is 429 g/mol. The number of rotatable bonds is 6. The number of aryl methyl sites for hydroxylation is 1. The second-order valence-corrected chi connectivity index (χ2v) is 7.68. The molecule has 1 aliphatic heterocycles. The molecule has 1 amide bonds. The third kappa shape index (κ3) is 4.41. The maximum Gasteiger partial charge on any atom is 0.419 e. The summed E-state index contributed by atoms with van der Waals surface area (Å²) in [6.07, 6.45) is 2.13. The van der Waals surface area contributed by atoms with E-state index in [9.17, 15) is 14.4 Å². The van der Waals surface area contributed by atoms with Crippen LogP contribution in [0.5, 0.6) is 0 Å². The van der Waals surface area contributed by atoms with E-state index in [1.807, 2.05) is 4.90 Å². The van der Waals surface area contributed by atoms with Gasteiger partial charge in [0.25, 0.3) is 5.91 Å². The molecule has 0 spiro atoms. The van der Waals surface area contributed by atoms with Gasteiger partial charge in [0.05, 0.1) is 11.9 Å². The van der Waals surface area contributed by atoms with Gasteiger partial charge in [-0.15, -0.1) is 0 Å². The van der Waals surface area contributed by atoms with Gasteiger partial charge in [0.2, 0.25) is 0 Å². The van der Waals surface area contributed by atoms with Crippen molar-refractivity contribution in [1.82, 2.24) is 9.47 Å². The lowest BCUT2D eigenvalue weighted by atomic mass is 10.1. The number of aromatic nitrogens is 1. The first-order chi connectivity index (χ1) is 14.5. The molecular weight excluding hydrogens is 408 g/mol.